The van der Waals surface area contributed by atoms with Gasteiger partial charge in [-0.2, -0.15) is 0 Å². The molecule has 3 rings (SSSR count). The smallest absolute Gasteiger partial charge is 0.303 e. The van der Waals surface area contributed by atoms with E-state index in [2.05, 4.69) is 5.73 Å². The van der Waals surface area contributed by atoms with Gasteiger partial charge in [0, 0.05) is 27.8 Å². The van der Waals surface area contributed by atoms with Crippen LogP contribution in [0.25, 0.3) is 10.1 Å². The van der Waals surface area contributed by atoms with E-state index in [1.54, 1.807) is 17.4 Å². The molecule has 2 aromatic rings. The molecule has 3 atom stereocenters. The number of thiophene rings is 1. The third-order valence-electron chi connectivity index (χ3n) is 5.54. The van der Waals surface area contributed by atoms with Crippen molar-refractivity contribution in [2.24, 2.45) is 5.92 Å². The molecule has 1 fully saturated rings. The Labute approximate surface area is 196 Å². The molecule has 1 saturated carbocycles. The average molecular weight is 475 g/mol. The Kier molecular flexibility index (Phi) is 8.85. The fourth-order valence-corrected chi connectivity index (χ4v) is 5.33. The van der Waals surface area contributed by atoms with Gasteiger partial charge in [0.15, 0.2) is 5.78 Å². The number of carboxylic acid groups (broad SMARTS) is 1. The van der Waals surface area contributed by atoms with Gasteiger partial charge in [0.05, 0.1) is 17.0 Å². The molecule has 0 saturated heterocycles. The fraction of sp³-hybridized carbons (Fsp3) is 0.400. The zero-order chi connectivity index (χ0) is 23.1. The van der Waals surface area contributed by atoms with Crippen molar-refractivity contribution >= 4 is 44.8 Å². The second-order valence-electron chi connectivity index (χ2n) is 7.95. The molecule has 32 heavy (non-hydrogen) atoms. The average Bonchev–Trinajstić information content (AvgIpc) is 3.23. The third kappa shape index (κ3) is 6.41. The van der Waals surface area contributed by atoms with Crippen LogP contribution in [-0.4, -0.2) is 39.3 Å². The lowest BCUT2D eigenvalue weighted by atomic mass is 9.97. The summed E-state index contributed by atoms with van der Waals surface area (Å²) in [5.41, 5.74) is 3.75. The molecule has 170 valence electrons. The van der Waals surface area contributed by atoms with Crippen LogP contribution in [0.2, 0.25) is 5.02 Å². The summed E-state index contributed by atoms with van der Waals surface area (Å²) in [6.07, 6.45) is 6.58. The van der Waals surface area contributed by atoms with Crippen LogP contribution >= 0.6 is 22.9 Å². The first-order valence-corrected chi connectivity index (χ1v) is 11.9. The number of ketones is 1. The highest BCUT2D eigenvalue weighted by atomic mass is 35.5. The Morgan fingerprint density at radius 1 is 1.31 bits per heavy atom. The Hall–Kier alpha value is -2.21. The maximum Gasteiger partial charge on any atom is 0.303 e. The summed E-state index contributed by atoms with van der Waals surface area (Å²) in [7, 11) is 0. The van der Waals surface area contributed by atoms with Crippen molar-refractivity contribution in [3.63, 3.8) is 0 Å². The third-order valence-corrected chi connectivity index (χ3v) is 7.31. The SMILES string of the molecule is O=C(O)CCC/C=C\C[C@H]1C(=O)C(O)CC1=C=CC(O)CCc1sc2ccccc2c1Cl. The Balaban J connectivity index is 1.59. The fourth-order valence-electron chi connectivity index (χ4n) is 3.79. The Morgan fingerprint density at radius 3 is 2.84 bits per heavy atom. The van der Waals surface area contributed by atoms with Crippen LogP contribution in [0.15, 0.2) is 53.8 Å². The lowest BCUT2D eigenvalue weighted by molar-refractivity contribution is -0.137. The zero-order valence-corrected chi connectivity index (χ0v) is 19.2. The summed E-state index contributed by atoms with van der Waals surface area (Å²) in [5.74, 6) is -1.51. The number of allylic oxidation sites excluding steroid dienone is 2. The number of fused-ring (bicyclic) bond motifs is 1. The zero-order valence-electron chi connectivity index (χ0n) is 17.7. The van der Waals surface area contributed by atoms with Crippen LogP contribution < -0.4 is 0 Å². The summed E-state index contributed by atoms with van der Waals surface area (Å²) in [6, 6.07) is 7.94. The van der Waals surface area contributed by atoms with E-state index in [9.17, 15) is 19.8 Å². The van der Waals surface area contributed by atoms with Gasteiger partial charge in [-0.05, 0) is 49.8 Å². The predicted octanol–water partition coefficient (Wildman–Crippen LogP) is 5.08. The topological polar surface area (TPSA) is 94.8 Å². The maximum atomic E-state index is 12.3. The Morgan fingerprint density at radius 2 is 2.09 bits per heavy atom. The molecule has 2 unspecified atom stereocenters. The predicted molar refractivity (Wildman–Crippen MR) is 127 cm³/mol. The number of rotatable bonds is 10. The molecule has 1 aromatic carbocycles. The number of aliphatic hydroxyl groups is 2. The molecule has 1 aliphatic carbocycles. The molecule has 7 heteroatoms. The molecule has 0 aliphatic heterocycles. The van der Waals surface area contributed by atoms with Gasteiger partial charge in [0.2, 0.25) is 0 Å². The number of halogens is 1. The minimum Gasteiger partial charge on any atom is -0.481 e. The number of benzene rings is 1. The molecule has 1 aliphatic rings. The lowest BCUT2D eigenvalue weighted by Gasteiger charge is -2.06. The standard InChI is InChI=1S/C25H27ClO5S/c26-24-19-8-5-6-9-21(19)32-22(24)14-13-17(27)12-11-16-15-20(28)25(31)18(16)7-3-1-2-4-10-23(29)30/h1,3,5-6,8-9,12,17-18,20,27-28H,2,4,7,10,13-15H2,(H,29,30)/b3-1-/t11?,17?,18-,20?/m1/s1. The van der Waals surface area contributed by atoms with E-state index >= 15 is 0 Å². The largest absolute Gasteiger partial charge is 0.481 e. The van der Waals surface area contributed by atoms with Crippen LogP contribution in [0, 0.1) is 5.92 Å². The first-order valence-electron chi connectivity index (χ1n) is 10.7. The number of aliphatic hydroxyl groups excluding tert-OH is 2. The second kappa shape index (κ2) is 11.6. The van der Waals surface area contributed by atoms with Crippen molar-refractivity contribution in [2.45, 2.75) is 57.2 Å². The summed E-state index contributed by atoms with van der Waals surface area (Å²) < 4.78 is 1.12. The highest BCUT2D eigenvalue weighted by Crippen LogP contribution is 2.36. The van der Waals surface area contributed by atoms with Crippen LogP contribution in [0.1, 0.15) is 43.4 Å². The number of aryl methyl sites for hydroxylation is 1. The number of carboxylic acids is 1. The van der Waals surface area contributed by atoms with E-state index in [4.69, 9.17) is 16.7 Å². The van der Waals surface area contributed by atoms with Gasteiger partial charge in [0.1, 0.15) is 6.10 Å². The molecule has 0 spiro atoms. The van der Waals surface area contributed by atoms with Crippen molar-refractivity contribution in [1.29, 1.82) is 0 Å². The first-order chi connectivity index (χ1) is 15.4. The van der Waals surface area contributed by atoms with Gasteiger partial charge in [-0.15, -0.1) is 17.1 Å². The highest BCUT2D eigenvalue weighted by molar-refractivity contribution is 7.19. The van der Waals surface area contributed by atoms with Crippen molar-refractivity contribution < 1.29 is 24.9 Å². The molecule has 0 amide bonds. The van der Waals surface area contributed by atoms with Gasteiger partial charge in [-0.1, -0.05) is 42.0 Å². The van der Waals surface area contributed by atoms with Crippen LogP contribution in [-0.2, 0) is 16.0 Å². The van der Waals surface area contributed by atoms with Crippen molar-refractivity contribution in [2.75, 3.05) is 0 Å². The lowest BCUT2D eigenvalue weighted by Crippen LogP contribution is -2.17. The van der Waals surface area contributed by atoms with Gasteiger partial charge in [-0.25, -0.2) is 0 Å². The number of unbranched alkanes of at least 4 members (excludes halogenated alkanes) is 1. The summed E-state index contributed by atoms with van der Waals surface area (Å²) in [4.78, 5) is 23.9. The second-order valence-corrected chi connectivity index (χ2v) is 9.46. The van der Waals surface area contributed by atoms with E-state index in [-0.39, 0.29) is 18.6 Å². The number of Topliss-reactive ketones (excluding diaryl/α,β-unsaturated/α-hetero) is 1. The highest BCUT2D eigenvalue weighted by Gasteiger charge is 2.36. The van der Waals surface area contributed by atoms with E-state index in [1.807, 2.05) is 36.4 Å². The number of carbonyl (C=O) groups excluding carboxylic acids is 1. The molecule has 3 N–H and O–H groups in total. The van der Waals surface area contributed by atoms with Gasteiger partial charge >= 0.3 is 5.97 Å². The minimum absolute atomic E-state index is 0.115. The van der Waals surface area contributed by atoms with Crippen molar-refractivity contribution in [3.05, 3.63) is 63.7 Å². The maximum absolute atomic E-state index is 12.3. The van der Waals surface area contributed by atoms with E-state index in [0.29, 0.717) is 37.7 Å². The van der Waals surface area contributed by atoms with Crippen LogP contribution in [0.5, 0.6) is 0 Å². The quantitative estimate of drug-likeness (QED) is 0.253. The minimum atomic E-state index is -1.04. The first kappa shape index (κ1) is 24.4. The van der Waals surface area contributed by atoms with Gasteiger partial charge < -0.3 is 15.3 Å². The molecule has 5 nitrogen and oxygen atoms in total. The molecule has 0 bridgehead atoms. The Bertz CT molecular complexity index is 1060. The van der Waals surface area contributed by atoms with E-state index < -0.39 is 24.1 Å². The number of aliphatic carboxylic acids is 1. The number of hydrogen-bond donors (Lipinski definition) is 3. The number of carbonyl (C=O) groups is 2. The van der Waals surface area contributed by atoms with E-state index in [1.165, 1.54) is 0 Å². The van der Waals surface area contributed by atoms with Crippen molar-refractivity contribution in [1.82, 2.24) is 0 Å². The molecule has 1 heterocycles. The molecular weight excluding hydrogens is 448 g/mol. The number of hydrogen-bond acceptors (Lipinski definition) is 5. The van der Waals surface area contributed by atoms with Crippen LogP contribution in [0.4, 0.5) is 0 Å². The molecule has 1 aromatic heterocycles. The summed E-state index contributed by atoms with van der Waals surface area (Å²) in [5, 5.41) is 30.8. The molecular formula is C25H27ClO5S. The normalized spacial score (nSPS) is 19.6. The van der Waals surface area contributed by atoms with Gasteiger partial charge in [-0.3, -0.25) is 9.59 Å². The van der Waals surface area contributed by atoms with E-state index in [0.717, 1.165) is 20.0 Å². The van der Waals surface area contributed by atoms with Crippen molar-refractivity contribution in [3.8, 4) is 0 Å². The summed E-state index contributed by atoms with van der Waals surface area (Å²) in [6.45, 7) is 0. The van der Waals surface area contributed by atoms with Crippen LogP contribution in [0.3, 0.4) is 0 Å². The molecule has 0 radical (unpaired) electrons. The van der Waals surface area contributed by atoms with Gasteiger partial charge in [0.25, 0.3) is 0 Å². The monoisotopic (exact) mass is 474 g/mol. The summed E-state index contributed by atoms with van der Waals surface area (Å²) >= 11 is 8.09.